The topological polar surface area (TPSA) is 83.8 Å². The summed E-state index contributed by atoms with van der Waals surface area (Å²) in [6.45, 7) is 1.95. The first-order valence-corrected chi connectivity index (χ1v) is 6.60. The van der Waals surface area contributed by atoms with Crippen molar-refractivity contribution in [1.29, 1.82) is 0 Å². The number of H-pyrrole nitrogens is 1. The summed E-state index contributed by atoms with van der Waals surface area (Å²) >= 11 is 0. The van der Waals surface area contributed by atoms with E-state index in [9.17, 15) is 4.79 Å². The van der Waals surface area contributed by atoms with Crippen LogP contribution in [-0.2, 0) is 4.79 Å². The highest BCUT2D eigenvalue weighted by Crippen LogP contribution is 2.37. The van der Waals surface area contributed by atoms with E-state index in [4.69, 9.17) is 5.73 Å². The smallest absolute Gasteiger partial charge is 0.231 e. The third-order valence-corrected chi connectivity index (χ3v) is 4.25. The number of benzene rings is 1. The van der Waals surface area contributed by atoms with Crippen molar-refractivity contribution < 1.29 is 4.79 Å². The van der Waals surface area contributed by atoms with Crippen LogP contribution in [0.5, 0.6) is 0 Å². The normalized spacial score (nSPS) is 26.7. The van der Waals surface area contributed by atoms with Gasteiger partial charge in [0.2, 0.25) is 5.91 Å². The number of rotatable bonds is 2. The van der Waals surface area contributed by atoms with Gasteiger partial charge in [-0.25, -0.2) is 0 Å². The standard InChI is InChI=1S/C14H18N4O/c1-14(6-2-3-12(14)15)13(19)17-10-4-5-11-9(7-10)8-16-18-11/h4-5,7-8,12H,2-3,6,15H2,1H3,(H,16,18)(H,17,19). The van der Waals surface area contributed by atoms with Crippen molar-refractivity contribution in [2.45, 2.75) is 32.2 Å². The summed E-state index contributed by atoms with van der Waals surface area (Å²) in [5.74, 6) is 0.0142. The number of aromatic nitrogens is 2. The molecule has 1 aliphatic rings. The summed E-state index contributed by atoms with van der Waals surface area (Å²) in [4.78, 5) is 12.4. The van der Waals surface area contributed by atoms with E-state index in [2.05, 4.69) is 15.5 Å². The van der Waals surface area contributed by atoms with Crippen LogP contribution in [-0.4, -0.2) is 22.1 Å². The van der Waals surface area contributed by atoms with E-state index in [1.165, 1.54) is 0 Å². The molecule has 1 aromatic carbocycles. The molecule has 1 aromatic heterocycles. The van der Waals surface area contributed by atoms with Gasteiger partial charge in [-0.15, -0.1) is 0 Å². The molecule has 0 bridgehead atoms. The van der Waals surface area contributed by atoms with Gasteiger partial charge in [-0.3, -0.25) is 9.89 Å². The quantitative estimate of drug-likeness (QED) is 0.770. The highest BCUT2D eigenvalue weighted by Gasteiger charge is 2.42. The van der Waals surface area contributed by atoms with Crippen molar-refractivity contribution in [3.8, 4) is 0 Å². The number of anilines is 1. The van der Waals surface area contributed by atoms with Gasteiger partial charge in [0.15, 0.2) is 0 Å². The number of aromatic amines is 1. The minimum Gasteiger partial charge on any atom is -0.327 e. The van der Waals surface area contributed by atoms with E-state index < -0.39 is 5.41 Å². The van der Waals surface area contributed by atoms with Crippen LogP contribution in [0.3, 0.4) is 0 Å². The molecule has 4 N–H and O–H groups in total. The number of nitrogens with zero attached hydrogens (tertiary/aromatic N) is 1. The van der Waals surface area contributed by atoms with Crippen LogP contribution in [0.4, 0.5) is 5.69 Å². The molecule has 5 nitrogen and oxygen atoms in total. The second kappa shape index (κ2) is 4.35. The zero-order valence-electron chi connectivity index (χ0n) is 10.9. The first-order valence-electron chi connectivity index (χ1n) is 6.60. The average Bonchev–Trinajstić information content (AvgIpc) is 2.97. The molecule has 0 saturated heterocycles. The minimum atomic E-state index is -0.453. The van der Waals surface area contributed by atoms with Gasteiger partial charge < -0.3 is 11.1 Å². The molecule has 100 valence electrons. The predicted octanol–water partition coefficient (Wildman–Crippen LogP) is 2.02. The molecule has 0 aliphatic heterocycles. The number of fused-ring (bicyclic) bond motifs is 1. The Hall–Kier alpha value is -1.88. The molecular formula is C14H18N4O. The fourth-order valence-corrected chi connectivity index (χ4v) is 2.77. The fourth-order valence-electron chi connectivity index (χ4n) is 2.77. The molecule has 1 saturated carbocycles. The van der Waals surface area contributed by atoms with Gasteiger partial charge >= 0.3 is 0 Å². The maximum absolute atomic E-state index is 12.4. The Kier molecular flexibility index (Phi) is 2.78. The van der Waals surface area contributed by atoms with Crippen molar-refractivity contribution in [3.05, 3.63) is 24.4 Å². The monoisotopic (exact) mass is 258 g/mol. The lowest BCUT2D eigenvalue weighted by Crippen LogP contribution is -2.44. The highest BCUT2D eigenvalue weighted by molar-refractivity contribution is 5.97. The Balaban J connectivity index is 1.82. The lowest BCUT2D eigenvalue weighted by Gasteiger charge is -2.27. The summed E-state index contributed by atoms with van der Waals surface area (Å²) in [5, 5.41) is 10.8. The Morgan fingerprint density at radius 2 is 2.42 bits per heavy atom. The van der Waals surface area contributed by atoms with E-state index in [-0.39, 0.29) is 11.9 Å². The van der Waals surface area contributed by atoms with Gasteiger partial charge in [0.05, 0.1) is 17.1 Å². The van der Waals surface area contributed by atoms with Crippen LogP contribution in [0.15, 0.2) is 24.4 Å². The molecule has 2 unspecified atom stereocenters. The van der Waals surface area contributed by atoms with Gasteiger partial charge in [-0.2, -0.15) is 5.10 Å². The Labute approximate surface area is 111 Å². The second-order valence-corrected chi connectivity index (χ2v) is 5.54. The Morgan fingerprint density at radius 3 is 3.16 bits per heavy atom. The largest absolute Gasteiger partial charge is 0.327 e. The molecule has 0 spiro atoms. The summed E-state index contributed by atoms with van der Waals surface area (Å²) in [7, 11) is 0. The van der Waals surface area contributed by atoms with E-state index in [1.807, 2.05) is 25.1 Å². The summed E-state index contributed by atoms with van der Waals surface area (Å²) in [5.41, 5.74) is 7.36. The van der Waals surface area contributed by atoms with Crippen LogP contribution in [0.25, 0.3) is 10.9 Å². The summed E-state index contributed by atoms with van der Waals surface area (Å²) in [6, 6.07) is 5.66. The third kappa shape index (κ3) is 2.00. The lowest BCUT2D eigenvalue weighted by atomic mass is 9.84. The molecule has 19 heavy (non-hydrogen) atoms. The van der Waals surface area contributed by atoms with Gasteiger partial charge in [0.25, 0.3) is 0 Å². The molecule has 1 heterocycles. The predicted molar refractivity (Wildman–Crippen MR) is 74.7 cm³/mol. The van der Waals surface area contributed by atoms with Crippen LogP contribution in [0.1, 0.15) is 26.2 Å². The molecule has 5 heteroatoms. The molecule has 1 fully saturated rings. The number of carbonyl (C=O) groups excluding carboxylic acids is 1. The third-order valence-electron chi connectivity index (χ3n) is 4.25. The van der Waals surface area contributed by atoms with Crippen molar-refractivity contribution in [2.75, 3.05) is 5.32 Å². The SMILES string of the molecule is CC1(C(=O)Nc2ccc3[nH]ncc3c2)CCCC1N. The number of nitrogens with two attached hydrogens (primary N) is 1. The summed E-state index contributed by atoms with van der Waals surface area (Å²) < 4.78 is 0. The van der Waals surface area contributed by atoms with Crippen LogP contribution in [0.2, 0.25) is 0 Å². The molecule has 3 rings (SSSR count). The van der Waals surface area contributed by atoms with E-state index in [0.717, 1.165) is 35.9 Å². The minimum absolute atomic E-state index is 0.0142. The van der Waals surface area contributed by atoms with Crippen LogP contribution >= 0.6 is 0 Å². The highest BCUT2D eigenvalue weighted by atomic mass is 16.2. The lowest BCUT2D eigenvalue weighted by molar-refractivity contribution is -0.125. The molecule has 1 aliphatic carbocycles. The number of nitrogens with one attached hydrogen (secondary N) is 2. The van der Waals surface area contributed by atoms with Gasteiger partial charge in [-0.05, 0) is 38.0 Å². The van der Waals surface area contributed by atoms with E-state index >= 15 is 0 Å². The van der Waals surface area contributed by atoms with E-state index in [1.54, 1.807) is 6.20 Å². The Bertz CT molecular complexity index is 621. The second-order valence-electron chi connectivity index (χ2n) is 5.54. The van der Waals surface area contributed by atoms with Crippen LogP contribution < -0.4 is 11.1 Å². The summed E-state index contributed by atoms with van der Waals surface area (Å²) in [6.07, 6.45) is 4.54. The average molecular weight is 258 g/mol. The number of hydrogen-bond acceptors (Lipinski definition) is 3. The first-order chi connectivity index (χ1) is 9.09. The fraction of sp³-hybridized carbons (Fsp3) is 0.429. The van der Waals surface area contributed by atoms with Crippen molar-refractivity contribution in [1.82, 2.24) is 10.2 Å². The maximum Gasteiger partial charge on any atom is 0.231 e. The molecule has 2 atom stereocenters. The first kappa shape index (κ1) is 12.2. The molecule has 1 amide bonds. The number of amides is 1. The van der Waals surface area contributed by atoms with Crippen molar-refractivity contribution in [3.63, 3.8) is 0 Å². The van der Waals surface area contributed by atoms with Crippen LogP contribution in [0, 0.1) is 5.41 Å². The van der Waals surface area contributed by atoms with Crippen molar-refractivity contribution >= 4 is 22.5 Å². The molecular weight excluding hydrogens is 240 g/mol. The molecule has 0 radical (unpaired) electrons. The zero-order chi connectivity index (χ0) is 13.5. The van der Waals surface area contributed by atoms with Crippen molar-refractivity contribution in [2.24, 2.45) is 11.1 Å². The van der Waals surface area contributed by atoms with Gasteiger partial charge in [-0.1, -0.05) is 6.42 Å². The zero-order valence-corrected chi connectivity index (χ0v) is 10.9. The number of hydrogen-bond donors (Lipinski definition) is 3. The number of carbonyl (C=O) groups is 1. The molecule has 2 aromatic rings. The maximum atomic E-state index is 12.4. The van der Waals surface area contributed by atoms with E-state index in [0.29, 0.717) is 0 Å². The Morgan fingerprint density at radius 1 is 1.58 bits per heavy atom. The van der Waals surface area contributed by atoms with Gasteiger partial charge in [0.1, 0.15) is 0 Å². The van der Waals surface area contributed by atoms with Gasteiger partial charge in [0, 0.05) is 17.1 Å².